The van der Waals surface area contributed by atoms with Crippen molar-refractivity contribution in [2.45, 2.75) is 17.2 Å². The van der Waals surface area contributed by atoms with Gasteiger partial charge in [-0.05, 0) is 42.8 Å². The van der Waals surface area contributed by atoms with E-state index >= 15 is 0 Å². The van der Waals surface area contributed by atoms with Crippen molar-refractivity contribution in [2.75, 3.05) is 32.4 Å². The van der Waals surface area contributed by atoms with Gasteiger partial charge in [0.15, 0.2) is 16.6 Å². The Morgan fingerprint density at radius 3 is 2.29 bits per heavy atom. The SMILES string of the molecule is COc1cc(-c2c(C#N)c(N)nc(SC(C)C(=O)Nc3nc(-c4ccc(Cl)cc4Cl)cs3)c2C#N)cc(OC)c1OC. The lowest BCUT2D eigenvalue weighted by Crippen LogP contribution is -2.22. The maximum Gasteiger partial charge on any atom is 0.239 e. The first-order valence-corrected chi connectivity index (χ1v) is 14.5. The summed E-state index contributed by atoms with van der Waals surface area (Å²) in [6, 6.07) is 12.4. The third-order valence-electron chi connectivity index (χ3n) is 5.97. The molecule has 0 radical (unpaired) electrons. The van der Waals surface area contributed by atoms with Crippen LogP contribution in [0.5, 0.6) is 17.2 Å². The molecule has 0 aliphatic carbocycles. The van der Waals surface area contributed by atoms with E-state index < -0.39 is 5.25 Å². The van der Waals surface area contributed by atoms with Gasteiger partial charge >= 0.3 is 0 Å². The van der Waals surface area contributed by atoms with Crippen LogP contribution in [0.2, 0.25) is 10.0 Å². The first kappa shape index (κ1) is 30.8. The summed E-state index contributed by atoms with van der Waals surface area (Å²) >= 11 is 14.5. The number of ether oxygens (including phenoxy) is 3. The van der Waals surface area contributed by atoms with Crippen LogP contribution in [0, 0.1) is 22.7 Å². The number of benzene rings is 2. The second-order valence-electron chi connectivity index (χ2n) is 8.48. The Bertz CT molecular complexity index is 1740. The normalized spacial score (nSPS) is 11.2. The fraction of sp³-hybridized carbons (Fsp3) is 0.179. The highest BCUT2D eigenvalue weighted by Crippen LogP contribution is 2.44. The molecule has 0 aliphatic heterocycles. The number of carbonyl (C=O) groups excluding carboxylic acids is 1. The Kier molecular flexibility index (Phi) is 9.66. The Hall–Kier alpha value is -4.20. The molecular weight excluding hydrogens is 619 g/mol. The van der Waals surface area contributed by atoms with E-state index in [1.807, 2.05) is 6.07 Å². The predicted molar refractivity (Wildman–Crippen MR) is 165 cm³/mol. The zero-order chi connectivity index (χ0) is 30.6. The molecule has 2 aromatic carbocycles. The van der Waals surface area contributed by atoms with Gasteiger partial charge in [-0.15, -0.1) is 11.3 Å². The van der Waals surface area contributed by atoms with Gasteiger partial charge in [0.1, 0.15) is 28.5 Å². The number of nitrogen functional groups attached to an aromatic ring is 1. The zero-order valence-corrected chi connectivity index (χ0v) is 25.8. The minimum absolute atomic E-state index is 0.00143. The summed E-state index contributed by atoms with van der Waals surface area (Å²) in [5, 5.41) is 25.4. The zero-order valence-electron chi connectivity index (χ0n) is 22.6. The molecule has 4 rings (SSSR count). The van der Waals surface area contributed by atoms with E-state index in [9.17, 15) is 15.3 Å². The molecule has 0 saturated carbocycles. The maximum atomic E-state index is 13.1. The predicted octanol–water partition coefficient (Wildman–Crippen LogP) is 6.65. The van der Waals surface area contributed by atoms with Crippen LogP contribution in [0.3, 0.4) is 0 Å². The monoisotopic (exact) mass is 640 g/mol. The largest absolute Gasteiger partial charge is 0.493 e. The summed E-state index contributed by atoms with van der Waals surface area (Å²) in [5.41, 5.74) is 8.14. The number of hydrogen-bond donors (Lipinski definition) is 2. The van der Waals surface area contributed by atoms with Crippen molar-refractivity contribution in [3.8, 4) is 51.8 Å². The van der Waals surface area contributed by atoms with Crippen molar-refractivity contribution < 1.29 is 19.0 Å². The van der Waals surface area contributed by atoms with Crippen molar-refractivity contribution in [3.05, 3.63) is 56.9 Å². The Morgan fingerprint density at radius 1 is 1.05 bits per heavy atom. The van der Waals surface area contributed by atoms with Gasteiger partial charge < -0.3 is 25.3 Å². The van der Waals surface area contributed by atoms with Crippen LogP contribution >= 0.6 is 46.3 Å². The van der Waals surface area contributed by atoms with Crippen LogP contribution in [0.4, 0.5) is 10.9 Å². The van der Waals surface area contributed by atoms with Crippen LogP contribution in [-0.2, 0) is 4.79 Å². The van der Waals surface area contributed by atoms with Crippen LogP contribution < -0.4 is 25.3 Å². The van der Waals surface area contributed by atoms with Crippen molar-refractivity contribution >= 4 is 63.2 Å². The molecule has 0 aliphatic rings. The number of pyridine rings is 1. The standard InChI is InChI=1S/C28H22Cl2N6O4S2/c1-13(26(37)36-28-34-20(12-41-28)16-6-5-15(29)9-19(16)30)42-27-18(11-32)23(17(10-31)25(33)35-27)14-7-21(38-2)24(40-4)22(8-14)39-3/h5-9,12-13H,1-4H3,(H2,33,35)(H,34,36,37). The van der Waals surface area contributed by atoms with Crippen LogP contribution in [-0.4, -0.2) is 42.5 Å². The third-order valence-corrected chi connectivity index (χ3v) is 8.36. The first-order chi connectivity index (χ1) is 20.1. The van der Waals surface area contributed by atoms with Gasteiger partial charge in [0, 0.05) is 21.5 Å². The second-order valence-corrected chi connectivity index (χ2v) is 11.5. The van der Waals surface area contributed by atoms with Gasteiger partial charge in [-0.1, -0.05) is 35.0 Å². The Labute approximate surface area is 260 Å². The molecule has 0 spiro atoms. The van der Waals surface area contributed by atoms with Gasteiger partial charge in [-0.25, -0.2) is 9.97 Å². The number of rotatable bonds is 9. The number of methoxy groups -OCH3 is 3. The van der Waals surface area contributed by atoms with Gasteiger partial charge in [-0.2, -0.15) is 10.5 Å². The van der Waals surface area contributed by atoms with Crippen molar-refractivity contribution in [1.29, 1.82) is 10.5 Å². The average molecular weight is 642 g/mol. The smallest absolute Gasteiger partial charge is 0.239 e. The number of hydrogen-bond acceptors (Lipinski definition) is 11. The van der Waals surface area contributed by atoms with E-state index in [-0.39, 0.29) is 33.4 Å². The molecule has 42 heavy (non-hydrogen) atoms. The second kappa shape index (κ2) is 13.2. The first-order valence-electron chi connectivity index (χ1n) is 12.0. The number of amides is 1. The summed E-state index contributed by atoms with van der Waals surface area (Å²) < 4.78 is 16.3. The molecule has 2 aromatic heterocycles. The van der Waals surface area contributed by atoms with Gasteiger partial charge in [0.2, 0.25) is 11.7 Å². The summed E-state index contributed by atoms with van der Waals surface area (Å²) in [6.45, 7) is 1.65. The molecule has 1 unspecified atom stereocenters. The number of thioether (sulfide) groups is 1. The van der Waals surface area contributed by atoms with Gasteiger partial charge in [0.25, 0.3) is 0 Å². The molecule has 0 bridgehead atoms. The fourth-order valence-electron chi connectivity index (χ4n) is 3.98. The lowest BCUT2D eigenvalue weighted by molar-refractivity contribution is -0.115. The fourth-order valence-corrected chi connectivity index (χ4v) is 6.11. The lowest BCUT2D eigenvalue weighted by atomic mass is 9.96. The molecule has 10 nitrogen and oxygen atoms in total. The highest BCUT2D eigenvalue weighted by molar-refractivity contribution is 8.00. The highest BCUT2D eigenvalue weighted by atomic mass is 35.5. The van der Waals surface area contributed by atoms with Gasteiger partial charge in [-0.3, -0.25) is 4.79 Å². The summed E-state index contributed by atoms with van der Waals surface area (Å²) in [6.07, 6.45) is 0. The third kappa shape index (κ3) is 6.17. The van der Waals surface area contributed by atoms with Crippen molar-refractivity contribution in [2.24, 2.45) is 0 Å². The van der Waals surface area contributed by atoms with E-state index in [1.165, 1.54) is 32.7 Å². The molecule has 4 aromatic rings. The number of thiazole rings is 1. The maximum absolute atomic E-state index is 13.1. The topological polar surface area (TPSA) is 156 Å². The lowest BCUT2D eigenvalue weighted by Gasteiger charge is -2.18. The quantitative estimate of drug-likeness (QED) is 0.190. The van der Waals surface area contributed by atoms with E-state index in [0.717, 1.165) is 11.8 Å². The average Bonchev–Trinajstić information content (AvgIpc) is 3.43. The number of halogens is 2. The molecule has 3 N–H and O–H groups in total. The number of anilines is 2. The van der Waals surface area contributed by atoms with E-state index in [4.69, 9.17) is 43.1 Å². The molecule has 214 valence electrons. The van der Waals surface area contributed by atoms with Gasteiger partial charge in [0.05, 0.1) is 42.9 Å². The Morgan fingerprint density at radius 2 is 1.71 bits per heavy atom. The number of nitrogens with one attached hydrogen (secondary N) is 1. The molecule has 14 heteroatoms. The molecule has 1 atom stereocenters. The Balaban J connectivity index is 1.66. The molecule has 1 amide bonds. The molecule has 2 heterocycles. The molecule has 0 fully saturated rings. The number of nitrogens with zero attached hydrogens (tertiary/aromatic N) is 4. The summed E-state index contributed by atoms with van der Waals surface area (Å²) in [5.74, 6) is 0.497. The van der Waals surface area contributed by atoms with Crippen LogP contribution in [0.15, 0.2) is 40.7 Å². The van der Waals surface area contributed by atoms with E-state index in [2.05, 4.69) is 21.4 Å². The number of nitrogens with two attached hydrogens (primary N) is 1. The van der Waals surface area contributed by atoms with Crippen molar-refractivity contribution in [1.82, 2.24) is 9.97 Å². The van der Waals surface area contributed by atoms with E-state index in [0.29, 0.717) is 49.2 Å². The minimum Gasteiger partial charge on any atom is -0.493 e. The highest BCUT2D eigenvalue weighted by Gasteiger charge is 2.26. The summed E-state index contributed by atoms with van der Waals surface area (Å²) in [4.78, 5) is 21.9. The number of aromatic nitrogens is 2. The van der Waals surface area contributed by atoms with Crippen molar-refractivity contribution in [3.63, 3.8) is 0 Å². The number of carbonyl (C=O) groups is 1. The van der Waals surface area contributed by atoms with Crippen LogP contribution in [0.25, 0.3) is 22.4 Å². The number of nitriles is 2. The molecular formula is C28H22Cl2N6O4S2. The summed E-state index contributed by atoms with van der Waals surface area (Å²) in [7, 11) is 4.37. The minimum atomic E-state index is -0.726. The van der Waals surface area contributed by atoms with E-state index in [1.54, 1.807) is 42.6 Å². The van der Waals surface area contributed by atoms with Crippen LogP contribution in [0.1, 0.15) is 18.1 Å². The molecule has 0 saturated heterocycles.